The van der Waals surface area contributed by atoms with Gasteiger partial charge in [-0.3, -0.25) is 4.79 Å². The monoisotopic (exact) mass is 466 g/mol. The van der Waals surface area contributed by atoms with E-state index in [1.165, 1.54) is 23.9 Å². The van der Waals surface area contributed by atoms with Crippen LogP contribution >= 0.6 is 11.8 Å². The standard InChI is InChI=1S/C23H23FN6O2S/c24-16-5-7-17(8-6-16)29-11-13-30(14-12-29)22(31)15-33-23-28-27-21(32-23)10-9-20-25-18-3-1-2-4-19(18)26-20/h1-8H,9-15H2,(H,25,26). The number of aromatic amines is 1. The summed E-state index contributed by atoms with van der Waals surface area (Å²) in [5.74, 6) is 1.45. The first kappa shape index (κ1) is 21.4. The normalized spacial score (nSPS) is 14.2. The molecule has 1 aliphatic heterocycles. The highest BCUT2D eigenvalue weighted by Gasteiger charge is 2.22. The number of hydrogen-bond donors (Lipinski definition) is 1. The minimum atomic E-state index is -0.247. The summed E-state index contributed by atoms with van der Waals surface area (Å²) in [6, 6.07) is 14.3. The number of nitrogens with one attached hydrogen (secondary N) is 1. The van der Waals surface area contributed by atoms with Gasteiger partial charge < -0.3 is 19.2 Å². The number of anilines is 1. The zero-order valence-electron chi connectivity index (χ0n) is 17.9. The van der Waals surface area contributed by atoms with E-state index in [2.05, 4.69) is 25.1 Å². The smallest absolute Gasteiger partial charge is 0.277 e. The summed E-state index contributed by atoms with van der Waals surface area (Å²) in [4.78, 5) is 24.4. The van der Waals surface area contributed by atoms with Crippen molar-refractivity contribution < 1.29 is 13.6 Å². The first-order valence-electron chi connectivity index (χ1n) is 10.8. The number of aryl methyl sites for hydroxylation is 2. The van der Waals surface area contributed by atoms with Crippen molar-refractivity contribution >= 4 is 34.4 Å². The Balaban J connectivity index is 1.07. The second kappa shape index (κ2) is 9.62. The van der Waals surface area contributed by atoms with Crippen LogP contribution in [0.4, 0.5) is 10.1 Å². The van der Waals surface area contributed by atoms with E-state index in [1.807, 2.05) is 29.2 Å². The number of benzene rings is 2. The summed E-state index contributed by atoms with van der Waals surface area (Å²) in [5, 5.41) is 8.54. The summed E-state index contributed by atoms with van der Waals surface area (Å²) in [6.07, 6.45) is 1.24. The number of carbonyl (C=O) groups is 1. The Morgan fingerprint density at radius 2 is 1.82 bits per heavy atom. The molecule has 33 heavy (non-hydrogen) atoms. The van der Waals surface area contributed by atoms with Gasteiger partial charge in [0.2, 0.25) is 11.8 Å². The van der Waals surface area contributed by atoms with Gasteiger partial charge in [-0.15, -0.1) is 10.2 Å². The zero-order chi connectivity index (χ0) is 22.6. The van der Waals surface area contributed by atoms with Crippen molar-refractivity contribution in [1.82, 2.24) is 25.1 Å². The molecule has 0 aliphatic carbocycles. The van der Waals surface area contributed by atoms with Gasteiger partial charge in [-0.05, 0) is 36.4 Å². The van der Waals surface area contributed by atoms with E-state index in [-0.39, 0.29) is 17.5 Å². The van der Waals surface area contributed by atoms with Gasteiger partial charge in [0, 0.05) is 44.7 Å². The molecule has 170 valence electrons. The van der Waals surface area contributed by atoms with Gasteiger partial charge in [0.05, 0.1) is 16.8 Å². The van der Waals surface area contributed by atoms with Gasteiger partial charge in [0.1, 0.15) is 11.6 Å². The highest BCUT2D eigenvalue weighted by atomic mass is 32.2. The number of nitrogens with zero attached hydrogens (tertiary/aromatic N) is 5. The zero-order valence-corrected chi connectivity index (χ0v) is 18.7. The van der Waals surface area contributed by atoms with Crippen LogP contribution in [0.5, 0.6) is 0 Å². The van der Waals surface area contributed by atoms with Crippen LogP contribution in [0.15, 0.2) is 58.2 Å². The number of amides is 1. The molecule has 0 spiro atoms. The minimum Gasteiger partial charge on any atom is -0.416 e. The summed E-state index contributed by atoms with van der Waals surface area (Å²) in [5.41, 5.74) is 2.91. The molecule has 2 aromatic heterocycles. The van der Waals surface area contributed by atoms with Crippen LogP contribution < -0.4 is 4.90 Å². The third-order valence-electron chi connectivity index (χ3n) is 5.61. The van der Waals surface area contributed by atoms with Crippen LogP contribution in [0.1, 0.15) is 11.7 Å². The Labute approximate surface area is 194 Å². The van der Waals surface area contributed by atoms with Crippen LogP contribution in [0.3, 0.4) is 0 Å². The molecule has 5 rings (SSSR count). The van der Waals surface area contributed by atoms with E-state index in [9.17, 15) is 9.18 Å². The Kier molecular flexibility index (Phi) is 6.25. The van der Waals surface area contributed by atoms with Crippen molar-refractivity contribution in [3.8, 4) is 0 Å². The molecule has 1 N–H and O–H groups in total. The number of H-pyrrole nitrogens is 1. The molecule has 10 heteroatoms. The van der Waals surface area contributed by atoms with Crippen LogP contribution in [0, 0.1) is 5.82 Å². The Morgan fingerprint density at radius 3 is 2.61 bits per heavy atom. The van der Waals surface area contributed by atoms with Gasteiger partial charge in [0.25, 0.3) is 5.22 Å². The maximum absolute atomic E-state index is 13.1. The number of hydrogen-bond acceptors (Lipinski definition) is 7. The number of para-hydroxylation sites is 2. The third-order valence-corrected chi connectivity index (χ3v) is 6.41. The molecule has 1 saturated heterocycles. The fourth-order valence-electron chi connectivity index (χ4n) is 3.83. The van der Waals surface area contributed by atoms with Gasteiger partial charge in [-0.2, -0.15) is 0 Å². The van der Waals surface area contributed by atoms with E-state index < -0.39 is 0 Å². The van der Waals surface area contributed by atoms with Crippen molar-refractivity contribution in [3.63, 3.8) is 0 Å². The number of imidazole rings is 1. The Bertz CT molecular complexity index is 1200. The average molecular weight is 467 g/mol. The van der Waals surface area contributed by atoms with Gasteiger partial charge >= 0.3 is 0 Å². The molecule has 0 radical (unpaired) electrons. The van der Waals surface area contributed by atoms with E-state index in [0.717, 1.165) is 22.5 Å². The summed E-state index contributed by atoms with van der Waals surface area (Å²) < 4.78 is 18.8. The SMILES string of the molecule is O=C(CSc1nnc(CCc2nc3ccccc3[nH]2)o1)N1CCN(c2ccc(F)cc2)CC1. The molecule has 0 unspecified atom stereocenters. The lowest BCUT2D eigenvalue weighted by Gasteiger charge is -2.36. The van der Waals surface area contributed by atoms with Gasteiger partial charge in [-0.1, -0.05) is 23.9 Å². The van der Waals surface area contributed by atoms with Crippen molar-refractivity contribution in [1.29, 1.82) is 0 Å². The fourth-order valence-corrected chi connectivity index (χ4v) is 4.51. The summed E-state index contributed by atoms with van der Waals surface area (Å²) >= 11 is 1.26. The second-order valence-corrected chi connectivity index (χ2v) is 8.72. The molecule has 0 saturated carbocycles. The number of halogens is 1. The lowest BCUT2D eigenvalue weighted by molar-refractivity contribution is -0.128. The average Bonchev–Trinajstić information content (AvgIpc) is 3.48. The third kappa shape index (κ3) is 5.16. The Hall–Kier alpha value is -3.40. The van der Waals surface area contributed by atoms with Crippen molar-refractivity contribution in [2.75, 3.05) is 36.8 Å². The van der Waals surface area contributed by atoms with Crippen LogP contribution in [-0.4, -0.2) is 62.9 Å². The van der Waals surface area contributed by atoms with Crippen LogP contribution in [-0.2, 0) is 17.6 Å². The lowest BCUT2D eigenvalue weighted by Crippen LogP contribution is -2.49. The first-order chi connectivity index (χ1) is 16.1. The van der Waals surface area contributed by atoms with Crippen LogP contribution in [0.25, 0.3) is 11.0 Å². The predicted molar refractivity (Wildman–Crippen MR) is 124 cm³/mol. The molecule has 2 aromatic carbocycles. The number of thioether (sulfide) groups is 1. The van der Waals surface area contributed by atoms with E-state index >= 15 is 0 Å². The Morgan fingerprint density at radius 1 is 1.03 bits per heavy atom. The number of fused-ring (bicyclic) bond motifs is 1. The van der Waals surface area contributed by atoms with Crippen molar-refractivity contribution in [2.24, 2.45) is 0 Å². The van der Waals surface area contributed by atoms with Crippen molar-refractivity contribution in [2.45, 2.75) is 18.1 Å². The molecule has 8 nitrogen and oxygen atoms in total. The van der Waals surface area contributed by atoms with Crippen molar-refractivity contribution in [3.05, 3.63) is 66.1 Å². The molecule has 3 heterocycles. The minimum absolute atomic E-state index is 0.0424. The summed E-state index contributed by atoms with van der Waals surface area (Å²) in [6.45, 7) is 2.69. The van der Waals surface area contributed by atoms with Gasteiger partial charge in [0.15, 0.2) is 0 Å². The molecule has 1 fully saturated rings. The highest BCUT2D eigenvalue weighted by Crippen LogP contribution is 2.20. The highest BCUT2D eigenvalue weighted by molar-refractivity contribution is 7.99. The van der Waals surface area contributed by atoms with Crippen LogP contribution in [0.2, 0.25) is 0 Å². The maximum atomic E-state index is 13.1. The number of aromatic nitrogens is 4. The van der Waals surface area contributed by atoms with E-state index in [0.29, 0.717) is 50.1 Å². The molecule has 4 aromatic rings. The number of piperazine rings is 1. The predicted octanol–water partition coefficient (Wildman–Crippen LogP) is 3.31. The second-order valence-electron chi connectivity index (χ2n) is 7.80. The molecule has 1 amide bonds. The van der Waals surface area contributed by atoms with E-state index in [1.54, 1.807) is 12.1 Å². The first-order valence-corrected chi connectivity index (χ1v) is 11.8. The van der Waals surface area contributed by atoms with E-state index in [4.69, 9.17) is 4.42 Å². The van der Waals surface area contributed by atoms with Gasteiger partial charge in [-0.25, -0.2) is 9.37 Å². The topological polar surface area (TPSA) is 91.1 Å². The molecule has 0 bridgehead atoms. The molecule has 0 atom stereocenters. The number of rotatable bonds is 7. The quantitative estimate of drug-likeness (QED) is 0.418. The molecular formula is C23H23FN6O2S. The fraction of sp³-hybridized carbons (Fsp3) is 0.304. The molecular weight excluding hydrogens is 443 g/mol. The lowest BCUT2D eigenvalue weighted by atomic mass is 10.2. The summed E-state index contributed by atoms with van der Waals surface area (Å²) in [7, 11) is 0. The largest absolute Gasteiger partial charge is 0.416 e. The molecule has 1 aliphatic rings. The maximum Gasteiger partial charge on any atom is 0.277 e. The number of carbonyl (C=O) groups excluding carboxylic acids is 1.